The quantitative estimate of drug-likeness (QED) is 0.801. The number of hydrogen-bond donors (Lipinski definition) is 0. The molecular formula is C18H22FN3O3. The summed E-state index contributed by atoms with van der Waals surface area (Å²) in [7, 11) is 0. The first kappa shape index (κ1) is 16.5. The van der Waals surface area contributed by atoms with Crippen molar-refractivity contribution in [2.24, 2.45) is 0 Å². The molecule has 1 saturated heterocycles. The predicted octanol–water partition coefficient (Wildman–Crippen LogP) is 2.93. The molecule has 2 fully saturated rings. The van der Waals surface area contributed by atoms with E-state index >= 15 is 0 Å². The molecule has 6 nitrogen and oxygen atoms in total. The van der Waals surface area contributed by atoms with Gasteiger partial charge in [-0.05, 0) is 31.9 Å². The Morgan fingerprint density at radius 2 is 2.16 bits per heavy atom. The minimum atomic E-state index is -0.347. The van der Waals surface area contributed by atoms with Gasteiger partial charge in [-0.3, -0.25) is 4.90 Å². The number of aromatic nitrogens is 2. The van der Waals surface area contributed by atoms with Gasteiger partial charge in [-0.15, -0.1) is 0 Å². The lowest BCUT2D eigenvalue weighted by Crippen LogP contribution is -2.45. The summed E-state index contributed by atoms with van der Waals surface area (Å²) >= 11 is 0. The summed E-state index contributed by atoms with van der Waals surface area (Å²) in [5.41, 5.74) is 0. The largest absolute Gasteiger partial charge is 0.489 e. The molecule has 2 aromatic rings. The Kier molecular flexibility index (Phi) is 4.67. The van der Waals surface area contributed by atoms with E-state index in [0.717, 1.165) is 25.2 Å². The number of nitrogens with zero attached hydrogens (tertiary/aromatic N) is 3. The maximum Gasteiger partial charge on any atom is 0.246 e. The summed E-state index contributed by atoms with van der Waals surface area (Å²) in [5.74, 6) is 1.78. The molecule has 0 bridgehead atoms. The van der Waals surface area contributed by atoms with Crippen LogP contribution in [0.25, 0.3) is 0 Å². The molecule has 0 radical (unpaired) electrons. The molecule has 1 aromatic heterocycles. The topological polar surface area (TPSA) is 60.6 Å². The zero-order valence-corrected chi connectivity index (χ0v) is 14.2. The van der Waals surface area contributed by atoms with Crippen molar-refractivity contribution in [2.45, 2.75) is 37.8 Å². The highest BCUT2D eigenvalue weighted by Crippen LogP contribution is 2.39. The second kappa shape index (κ2) is 7.09. The first-order valence-electron chi connectivity index (χ1n) is 8.79. The van der Waals surface area contributed by atoms with Crippen molar-refractivity contribution in [3.63, 3.8) is 0 Å². The van der Waals surface area contributed by atoms with Gasteiger partial charge < -0.3 is 14.0 Å². The van der Waals surface area contributed by atoms with Crippen LogP contribution in [0.4, 0.5) is 4.39 Å². The van der Waals surface area contributed by atoms with E-state index in [1.54, 1.807) is 18.2 Å². The highest BCUT2D eigenvalue weighted by atomic mass is 19.1. The molecule has 7 heteroatoms. The van der Waals surface area contributed by atoms with Crippen molar-refractivity contribution in [3.8, 4) is 5.75 Å². The van der Waals surface area contributed by atoms with E-state index in [0.29, 0.717) is 31.6 Å². The van der Waals surface area contributed by atoms with Crippen LogP contribution >= 0.6 is 0 Å². The second-order valence-corrected chi connectivity index (χ2v) is 6.60. The first-order valence-corrected chi connectivity index (χ1v) is 8.79. The Morgan fingerprint density at radius 1 is 1.32 bits per heavy atom. The Hall–Kier alpha value is -1.99. The fourth-order valence-electron chi connectivity index (χ4n) is 3.20. The molecule has 1 saturated carbocycles. The monoisotopic (exact) mass is 347 g/mol. The minimum absolute atomic E-state index is 0.0466. The molecule has 25 heavy (non-hydrogen) atoms. The van der Waals surface area contributed by atoms with Crippen molar-refractivity contribution < 1.29 is 18.4 Å². The maximum absolute atomic E-state index is 13.7. The van der Waals surface area contributed by atoms with Gasteiger partial charge in [0.2, 0.25) is 5.89 Å². The molecule has 1 aliphatic heterocycles. The number of rotatable bonds is 6. The highest BCUT2D eigenvalue weighted by molar-refractivity contribution is 5.23. The lowest BCUT2D eigenvalue weighted by Gasteiger charge is -2.37. The molecule has 134 valence electrons. The normalized spacial score (nSPS) is 24.4. The van der Waals surface area contributed by atoms with Gasteiger partial charge in [0.05, 0.1) is 12.7 Å². The zero-order chi connectivity index (χ0) is 17.2. The molecule has 1 aliphatic carbocycles. The molecule has 4 rings (SSSR count). The van der Waals surface area contributed by atoms with Gasteiger partial charge in [0.15, 0.2) is 17.4 Å². The molecule has 0 spiro atoms. The van der Waals surface area contributed by atoms with Crippen LogP contribution in [-0.2, 0) is 4.74 Å². The van der Waals surface area contributed by atoms with Crippen LogP contribution in [0.2, 0.25) is 0 Å². The third-order valence-corrected chi connectivity index (χ3v) is 4.72. The molecule has 2 aliphatic rings. The fraction of sp³-hybridized carbons (Fsp3) is 0.556. The Labute approximate surface area is 145 Å². The molecule has 2 heterocycles. The number of morpholine rings is 1. The van der Waals surface area contributed by atoms with Crippen molar-refractivity contribution in [1.29, 1.82) is 0 Å². The van der Waals surface area contributed by atoms with Crippen molar-refractivity contribution in [1.82, 2.24) is 15.0 Å². The molecule has 2 atom stereocenters. The molecule has 0 N–H and O–H groups in total. The number of hydrogen-bond acceptors (Lipinski definition) is 6. The Morgan fingerprint density at radius 3 is 2.96 bits per heavy atom. The molecule has 1 aromatic carbocycles. The smallest absolute Gasteiger partial charge is 0.246 e. The van der Waals surface area contributed by atoms with Gasteiger partial charge in [-0.25, -0.2) is 4.39 Å². The summed E-state index contributed by atoms with van der Waals surface area (Å²) in [6.07, 6.45) is 2.22. The van der Waals surface area contributed by atoms with Gasteiger partial charge in [0, 0.05) is 19.0 Å². The third-order valence-electron chi connectivity index (χ3n) is 4.72. The fourth-order valence-corrected chi connectivity index (χ4v) is 3.20. The van der Waals surface area contributed by atoms with E-state index in [-0.39, 0.29) is 23.7 Å². The van der Waals surface area contributed by atoms with Gasteiger partial charge in [0.25, 0.3) is 0 Å². The van der Waals surface area contributed by atoms with E-state index in [9.17, 15) is 4.39 Å². The SMILES string of the molecule is C[C@H]1OCCN(CCOc2ccccc2F)[C@@H]1c1nc(C2CC2)no1. The van der Waals surface area contributed by atoms with E-state index in [1.807, 2.05) is 6.92 Å². The third kappa shape index (κ3) is 3.67. The lowest BCUT2D eigenvalue weighted by molar-refractivity contribution is -0.0755. The number of para-hydroxylation sites is 1. The Bertz CT molecular complexity index is 719. The molecular weight excluding hydrogens is 325 g/mol. The van der Waals surface area contributed by atoms with E-state index < -0.39 is 0 Å². The summed E-state index contributed by atoms with van der Waals surface area (Å²) < 4.78 is 30.5. The van der Waals surface area contributed by atoms with E-state index in [2.05, 4.69) is 15.0 Å². The minimum Gasteiger partial charge on any atom is -0.489 e. The molecule has 0 amide bonds. The predicted molar refractivity (Wildman–Crippen MR) is 87.9 cm³/mol. The molecule has 0 unspecified atom stereocenters. The summed E-state index contributed by atoms with van der Waals surface area (Å²) in [6.45, 7) is 4.41. The summed E-state index contributed by atoms with van der Waals surface area (Å²) in [4.78, 5) is 6.78. The lowest BCUT2D eigenvalue weighted by atomic mass is 10.1. The zero-order valence-electron chi connectivity index (χ0n) is 14.2. The van der Waals surface area contributed by atoms with Gasteiger partial charge in [-0.2, -0.15) is 4.98 Å². The summed E-state index contributed by atoms with van der Waals surface area (Å²) in [5, 5.41) is 4.11. The van der Waals surface area contributed by atoms with Crippen LogP contribution in [-0.4, -0.2) is 47.4 Å². The average molecular weight is 347 g/mol. The number of benzene rings is 1. The Balaban J connectivity index is 1.41. The van der Waals surface area contributed by atoms with Gasteiger partial charge in [-0.1, -0.05) is 17.3 Å². The van der Waals surface area contributed by atoms with Crippen LogP contribution in [0, 0.1) is 5.82 Å². The van der Waals surface area contributed by atoms with Crippen molar-refractivity contribution >= 4 is 0 Å². The average Bonchev–Trinajstić information content (AvgIpc) is 3.35. The van der Waals surface area contributed by atoms with Crippen LogP contribution in [0.15, 0.2) is 28.8 Å². The van der Waals surface area contributed by atoms with Crippen molar-refractivity contribution in [2.75, 3.05) is 26.3 Å². The van der Waals surface area contributed by atoms with Crippen LogP contribution < -0.4 is 4.74 Å². The van der Waals surface area contributed by atoms with E-state index in [4.69, 9.17) is 14.0 Å². The standard InChI is InChI=1S/C18H22FN3O3/c1-12-16(18-20-17(21-25-18)13-6-7-13)22(8-10-23-12)9-11-24-15-5-3-2-4-14(15)19/h2-5,12-13,16H,6-11H2,1H3/t12-,16+/m1/s1. The highest BCUT2D eigenvalue weighted by Gasteiger charge is 2.37. The van der Waals surface area contributed by atoms with Crippen molar-refractivity contribution in [3.05, 3.63) is 41.8 Å². The maximum atomic E-state index is 13.7. The second-order valence-electron chi connectivity index (χ2n) is 6.60. The van der Waals surface area contributed by atoms with Gasteiger partial charge in [0.1, 0.15) is 12.6 Å². The van der Waals surface area contributed by atoms with Crippen LogP contribution in [0.1, 0.15) is 43.4 Å². The summed E-state index contributed by atoms with van der Waals surface area (Å²) in [6, 6.07) is 6.34. The van der Waals surface area contributed by atoms with E-state index in [1.165, 1.54) is 6.07 Å². The van der Waals surface area contributed by atoms with Gasteiger partial charge >= 0.3 is 0 Å². The number of ether oxygens (including phenoxy) is 2. The van der Waals surface area contributed by atoms with Crippen LogP contribution in [0.3, 0.4) is 0 Å². The first-order chi connectivity index (χ1) is 12.2. The number of halogens is 1. The van der Waals surface area contributed by atoms with Crippen LogP contribution in [0.5, 0.6) is 5.75 Å².